The number of hydrogen-bond acceptors (Lipinski definition) is 2. The lowest BCUT2D eigenvalue weighted by molar-refractivity contribution is 1.28. The van der Waals surface area contributed by atoms with Gasteiger partial charge in [0.25, 0.3) is 0 Å². The molecular weight excluding hydrogens is 162 g/mol. The molecule has 0 spiro atoms. The second-order valence-electron chi connectivity index (χ2n) is 2.92. The molecule has 1 aromatic heterocycles. The van der Waals surface area contributed by atoms with Gasteiger partial charge >= 0.3 is 0 Å². The summed E-state index contributed by atoms with van der Waals surface area (Å²) in [5.74, 6) is 0. The van der Waals surface area contributed by atoms with Crippen molar-refractivity contribution in [3.05, 3.63) is 30.0 Å². The second kappa shape index (κ2) is 2.83. The molecule has 3 heteroatoms. The van der Waals surface area contributed by atoms with Crippen molar-refractivity contribution in [1.29, 1.82) is 5.26 Å². The van der Waals surface area contributed by atoms with Crippen LogP contribution in [0, 0.1) is 11.3 Å². The Bertz CT molecular complexity index is 476. The number of nitrogens with zero attached hydrogens (tertiary/aromatic N) is 1. The molecule has 3 N–H and O–H groups in total. The lowest BCUT2D eigenvalue weighted by Crippen LogP contribution is -1.87. The first-order chi connectivity index (χ1) is 6.33. The number of aromatic amines is 1. The molecule has 0 saturated heterocycles. The number of anilines is 1. The van der Waals surface area contributed by atoms with Crippen molar-refractivity contribution < 1.29 is 0 Å². The van der Waals surface area contributed by atoms with Crippen molar-refractivity contribution in [2.45, 2.75) is 6.42 Å². The fourth-order valence-electron chi connectivity index (χ4n) is 1.51. The summed E-state index contributed by atoms with van der Waals surface area (Å²) >= 11 is 0. The van der Waals surface area contributed by atoms with Gasteiger partial charge in [0.2, 0.25) is 0 Å². The van der Waals surface area contributed by atoms with E-state index in [0.29, 0.717) is 6.42 Å². The third-order valence-corrected chi connectivity index (χ3v) is 2.09. The highest BCUT2D eigenvalue weighted by Crippen LogP contribution is 2.24. The molecule has 0 atom stereocenters. The zero-order chi connectivity index (χ0) is 9.26. The SMILES string of the molecule is N#CCc1c[nH]c2cccc(N)c12. The Morgan fingerprint density at radius 3 is 3.08 bits per heavy atom. The van der Waals surface area contributed by atoms with Gasteiger partial charge in [-0.3, -0.25) is 0 Å². The van der Waals surface area contributed by atoms with E-state index in [1.165, 1.54) is 0 Å². The Labute approximate surface area is 75.8 Å². The van der Waals surface area contributed by atoms with Crippen LogP contribution in [0.3, 0.4) is 0 Å². The molecule has 0 unspecified atom stereocenters. The quantitative estimate of drug-likeness (QED) is 0.642. The van der Waals surface area contributed by atoms with E-state index in [-0.39, 0.29) is 0 Å². The fourth-order valence-corrected chi connectivity index (χ4v) is 1.51. The Morgan fingerprint density at radius 2 is 2.31 bits per heavy atom. The van der Waals surface area contributed by atoms with Gasteiger partial charge in [-0.2, -0.15) is 5.26 Å². The van der Waals surface area contributed by atoms with Crippen molar-refractivity contribution in [3.63, 3.8) is 0 Å². The van der Waals surface area contributed by atoms with Gasteiger partial charge in [-0.1, -0.05) is 6.07 Å². The topological polar surface area (TPSA) is 65.6 Å². The maximum Gasteiger partial charge on any atom is 0.0670 e. The van der Waals surface area contributed by atoms with Crippen LogP contribution in [-0.4, -0.2) is 4.98 Å². The average Bonchev–Trinajstić information content (AvgIpc) is 2.51. The third kappa shape index (κ3) is 1.13. The molecule has 1 heterocycles. The predicted octanol–water partition coefficient (Wildman–Crippen LogP) is 1.82. The molecule has 0 aliphatic carbocycles. The zero-order valence-corrected chi connectivity index (χ0v) is 7.04. The Kier molecular flexibility index (Phi) is 1.67. The Balaban J connectivity index is 2.73. The van der Waals surface area contributed by atoms with Gasteiger partial charge in [0, 0.05) is 22.8 Å². The lowest BCUT2D eigenvalue weighted by atomic mass is 10.1. The summed E-state index contributed by atoms with van der Waals surface area (Å²) in [6.45, 7) is 0. The van der Waals surface area contributed by atoms with E-state index in [4.69, 9.17) is 11.0 Å². The highest BCUT2D eigenvalue weighted by Gasteiger charge is 2.04. The van der Waals surface area contributed by atoms with Crippen LogP contribution in [-0.2, 0) is 6.42 Å². The minimum Gasteiger partial charge on any atom is -0.398 e. The van der Waals surface area contributed by atoms with E-state index in [1.807, 2.05) is 24.4 Å². The summed E-state index contributed by atoms with van der Waals surface area (Å²) in [6.07, 6.45) is 2.23. The second-order valence-corrected chi connectivity index (χ2v) is 2.92. The van der Waals surface area contributed by atoms with Gasteiger partial charge in [-0.15, -0.1) is 0 Å². The van der Waals surface area contributed by atoms with Crippen LogP contribution in [0.25, 0.3) is 10.9 Å². The van der Waals surface area contributed by atoms with Crippen LogP contribution in [0.4, 0.5) is 5.69 Å². The molecule has 0 aliphatic heterocycles. The maximum absolute atomic E-state index is 8.58. The van der Waals surface area contributed by atoms with Gasteiger partial charge in [-0.25, -0.2) is 0 Å². The molecule has 13 heavy (non-hydrogen) atoms. The molecule has 0 radical (unpaired) electrons. The Hall–Kier alpha value is -1.95. The van der Waals surface area contributed by atoms with Crippen molar-refractivity contribution in [1.82, 2.24) is 4.98 Å². The Morgan fingerprint density at radius 1 is 1.46 bits per heavy atom. The van der Waals surface area contributed by atoms with Crippen molar-refractivity contribution >= 4 is 16.6 Å². The van der Waals surface area contributed by atoms with Crippen molar-refractivity contribution in [2.24, 2.45) is 0 Å². The van der Waals surface area contributed by atoms with Gasteiger partial charge in [0.05, 0.1) is 12.5 Å². The van der Waals surface area contributed by atoms with Crippen LogP contribution < -0.4 is 5.73 Å². The zero-order valence-electron chi connectivity index (χ0n) is 7.04. The summed E-state index contributed by atoms with van der Waals surface area (Å²) in [5, 5.41) is 9.56. The largest absolute Gasteiger partial charge is 0.398 e. The van der Waals surface area contributed by atoms with E-state index < -0.39 is 0 Å². The first-order valence-corrected chi connectivity index (χ1v) is 4.04. The van der Waals surface area contributed by atoms with Gasteiger partial charge in [0.15, 0.2) is 0 Å². The molecule has 0 fully saturated rings. The number of rotatable bonds is 1. The molecule has 2 aromatic rings. The molecule has 0 amide bonds. The smallest absolute Gasteiger partial charge is 0.0670 e. The van der Waals surface area contributed by atoms with Crippen LogP contribution in [0.2, 0.25) is 0 Å². The van der Waals surface area contributed by atoms with Gasteiger partial charge in [-0.05, 0) is 17.7 Å². The molecule has 0 saturated carbocycles. The summed E-state index contributed by atoms with van der Waals surface area (Å²) in [5.41, 5.74) is 8.49. The molecule has 64 valence electrons. The summed E-state index contributed by atoms with van der Waals surface area (Å²) in [6, 6.07) is 7.80. The molecular formula is C10H9N3. The van der Waals surface area contributed by atoms with Gasteiger partial charge < -0.3 is 10.7 Å². The van der Waals surface area contributed by atoms with E-state index in [0.717, 1.165) is 22.2 Å². The number of hydrogen-bond donors (Lipinski definition) is 2. The summed E-state index contributed by atoms with van der Waals surface area (Å²) in [7, 11) is 0. The highest BCUT2D eigenvalue weighted by molar-refractivity contribution is 5.94. The summed E-state index contributed by atoms with van der Waals surface area (Å²) in [4.78, 5) is 3.08. The molecule has 1 aromatic carbocycles. The van der Waals surface area contributed by atoms with Crippen LogP contribution in [0.1, 0.15) is 5.56 Å². The molecule has 0 aliphatic rings. The fraction of sp³-hybridized carbons (Fsp3) is 0.100. The highest BCUT2D eigenvalue weighted by atomic mass is 14.7. The standard InChI is InChI=1S/C10H9N3/c11-5-4-7-6-13-9-3-1-2-8(12)10(7)9/h1-3,6,13H,4,12H2. The third-order valence-electron chi connectivity index (χ3n) is 2.09. The first kappa shape index (κ1) is 7.69. The normalized spacial score (nSPS) is 10.1. The minimum absolute atomic E-state index is 0.397. The number of nitrogens with one attached hydrogen (secondary N) is 1. The number of nitriles is 1. The molecule has 2 rings (SSSR count). The predicted molar refractivity (Wildman–Crippen MR) is 52.0 cm³/mol. The number of fused-ring (bicyclic) bond motifs is 1. The van der Waals surface area contributed by atoms with Crippen LogP contribution in [0.5, 0.6) is 0 Å². The number of H-pyrrole nitrogens is 1. The first-order valence-electron chi connectivity index (χ1n) is 4.04. The van der Waals surface area contributed by atoms with Crippen LogP contribution >= 0.6 is 0 Å². The summed E-state index contributed by atoms with van der Waals surface area (Å²) < 4.78 is 0. The van der Waals surface area contributed by atoms with Gasteiger partial charge in [0.1, 0.15) is 0 Å². The van der Waals surface area contributed by atoms with E-state index in [2.05, 4.69) is 11.1 Å². The number of benzene rings is 1. The number of nitrogens with two attached hydrogens (primary N) is 1. The van der Waals surface area contributed by atoms with E-state index >= 15 is 0 Å². The van der Waals surface area contributed by atoms with Crippen LogP contribution in [0.15, 0.2) is 24.4 Å². The molecule has 3 nitrogen and oxygen atoms in total. The van der Waals surface area contributed by atoms with E-state index in [9.17, 15) is 0 Å². The number of aromatic nitrogens is 1. The molecule has 0 bridgehead atoms. The average molecular weight is 171 g/mol. The lowest BCUT2D eigenvalue weighted by Gasteiger charge is -1.96. The maximum atomic E-state index is 8.58. The monoisotopic (exact) mass is 171 g/mol. The minimum atomic E-state index is 0.397. The number of nitrogen functional groups attached to an aromatic ring is 1. The van der Waals surface area contributed by atoms with E-state index in [1.54, 1.807) is 0 Å². The van der Waals surface area contributed by atoms with Crippen molar-refractivity contribution in [2.75, 3.05) is 5.73 Å². The van der Waals surface area contributed by atoms with Crippen molar-refractivity contribution in [3.8, 4) is 6.07 Å².